The highest BCUT2D eigenvalue weighted by Crippen LogP contribution is 2.32. The summed E-state index contributed by atoms with van der Waals surface area (Å²) in [4.78, 5) is 1.08. The van der Waals surface area contributed by atoms with Crippen LogP contribution in [0.4, 0.5) is 4.39 Å². The molecule has 1 N–H and O–H groups in total. The number of nitrogens with one attached hydrogen (secondary N) is 1. The number of hydrogen-bond acceptors (Lipinski definition) is 2. The Balaban J connectivity index is 2.36. The molecule has 1 aromatic heterocycles. The molecule has 15 heavy (non-hydrogen) atoms. The first kappa shape index (κ1) is 10.2. The lowest BCUT2D eigenvalue weighted by Gasteiger charge is -2.07. The molecular weight excluding hydrogens is 211 g/mol. The van der Waals surface area contributed by atoms with E-state index >= 15 is 0 Å². The van der Waals surface area contributed by atoms with E-state index in [9.17, 15) is 4.39 Å². The Kier molecular flexibility index (Phi) is 2.77. The molecule has 0 radical (unpaired) electrons. The topological polar surface area (TPSA) is 28.7 Å². The van der Waals surface area contributed by atoms with Crippen LogP contribution >= 0.6 is 11.8 Å². The summed E-state index contributed by atoms with van der Waals surface area (Å²) in [6.07, 6.45) is 1.19. The van der Waals surface area contributed by atoms with Crippen LogP contribution in [0.2, 0.25) is 0 Å². The molecular formula is C11H11FN2S. The minimum Gasteiger partial charge on any atom is -0.269 e. The fourth-order valence-electron chi connectivity index (χ4n) is 1.39. The van der Waals surface area contributed by atoms with Crippen LogP contribution in [0.1, 0.15) is 11.1 Å². The van der Waals surface area contributed by atoms with Crippen LogP contribution in [0.3, 0.4) is 0 Å². The lowest BCUT2D eigenvalue weighted by Crippen LogP contribution is -1.86. The molecule has 2 aromatic rings. The van der Waals surface area contributed by atoms with Gasteiger partial charge in [0.2, 0.25) is 0 Å². The summed E-state index contributed by atoms with van der Waals surface area (Å²) >= 11 is 1.38. The average Bonchev–Trinajstić information content (AvgIpc) is 2.58. The lowest BCUT2D eigenvalue weighted by atomic mass is 10.2. The maximum atomic E-state index is 13.2. The molecule has 0 aliphatic heterocycles. The highest BCUT2D eigenvalue weighted by atomic mass is 32.2. The van der Waals surface area contributed by atoms with Gasteiger partial charge in [0.1, 0.15) is 5.03 Å². The number of aromatic nitrogens is 2. The summed E-state index contributed by atoms with van der Waals surface area (Å²) in [5.74, 6) is -0.303. The highest BCUT2D eigenvalue weighted by Gasteiger charge is 2.09. The maximum absolute atomic E-state index is 13.2. The molecule has 0 aliphatic rings. The Labute approximate surface area is 91.9 Å². The number of halogens is 1. The van der Waals surface area contributed by atoms with E-state index in [1.54, 1.807) is 0 Å². The SMILES string of the molecule is Cc1cccc(C)c1Sc1[nH]ncc1F. The zero-order chi connectivity index (χ0) is 10.8. The molecule has 0 aliphatic carbocycles. The van der Waals surface area contributed by atoms with Crippen LogP contribution in [0.5, 0.6) is 0 Å². The number of rotatable bonds is 2. The quantitative estimate of drug-likeness (QED) is 0.844. The van der Waals surface area contributed by atoms with Gasteiger partial charge in [-0.3, -0.25) is 5.10 Å². The van der Waals surface area contributed by atoms with E-state index < -0.39 is 0 Å². The molecule has 2 nitrogen and oxygen atoms in total. The van der Waals surface area contributed by atoms with Crippen molar-refractivity contribution in [3.05, 3.63) is 41.3 Å². The molecule has 78 valence electrons. The summed E-state index contributed by atoms with van der Waals surface area (Å²) in [6.45, 7) is 4.03. The van der Waals surface area contributed by atoms with E-state index in [-0.39, 0.29) is 5.82 Å². The molecule has 2 rings (SSSR count). The summed E-state index contributed by atoms with van der Waals surface area (Å²) < 4.78 is 13.2. The first-order chi connectivity index (χ1) is 7.18. The molecule has 0 fully saturated rings. The standard InChI is InChI=1S/C11H11FN2S/c1-7-4-3-5-8(2)10(7)15-11-9(12)6-13-14-11/h3-6H,1-2H3,(H,13,14). The summed E-state index contributed by atoms with van der Waals surface area (Å²) in [5, 5.41) is 6.77. The molecule has 0 saturated heterocycles. The average molecular weight is 222 g/mol. The molecule has 0 spiro atoms. The number of benzene rings is 1. The lowest BCUT2D eigenvalue weighted by molar-refractivity contribution is 0.601. The van der Waals surface area contributed by atoms with Crippen molar-refractivity contribution in [1.29, 1.82) is 0 Å². The number of nitrogens with zero attached hydrogens (tertiary/aromatic N) is 1. The molecule has 0 bridgehead atoms. The van der Waals surface area contributed by atoms with Crippen molar-refractivity contribution < 1.29 is 4.39 Å². The van der Waals surface area contributed by atoms with Crippen molar-refractivity contribution in [1.82, 2.24) is 10.2 Å². The molecule has 4 heteroatoms. The third kappa shape index (κ3) is 2.04. The van der Waals surface area contributed by atoms with Gasteiger partial charge >= 0.3 is 0 Å². The number of hydrogen-bond donors (Lipinski definition) is 1. The van der Waals surface area contributed by atoms with Crippen molar-refractivity contribution in [3.63, 3.8) is 0 Å². The fraction of sp³-hybridized carbons (Fsp3) is 0.182. The van der Waals surface area contributed by atoms with E-state index in [2.05, 4.69) is 10.2 Å². The highest BCUT2D eigenvalue weighted by molar-refractivity contribution is 7.99. The fourth-order valence-corrected chi connectivity index (χ4v) is 2.30. The third-order valence-electron chi connectivity index (χ3n) is 2.17. The zero-order valence-electron chi connectivity index (χ0n) is 8.54. The zero-order valence-corrected chi connectivity index (χ0v) is 9.36. The first-order valence-electron chi connectivity index (χ1n) is 4.61. The van der Waals surface area contributed by atoms with Crippen LogP contribution in [-0.4, -0.2) is 10.2 Å². The minimum atomic E-state index is -0.303. The first-order valence-corrected chi connectivity index (χ1v) is 5.43. The number of aryl methyl sites for hydroxylation is 2. The van der Waals surface area contributed by atoms with Crippen LogP contribution in [-0.2, 0) is 0 Å². The Morgan fingerprint density at radius 1 is 1.27 bits per heavy atom. The van der Waals surface area contributed by atoms with Crippen molar-refractivity contribution in [3.8, 4) is 0 Å². The van der Waals surface area contributed by atoms with Gasteiger partial charge in [-0.05, 0) is 25.0 Å². The minimum absolute atomic E-state index is 0.303. The summed E-state index contributed by atoms with van der Waals surface area (Å²) in [5.41, 5.74) is 2.29. The Morgan fingerprint density at radius 2 is 1.93 bits per heavy atom. The van der Waals surface area contributed by atoms with Gasteiger partial charge in [-0.15, -0.1) is 0 Å². The van der Waals surface area contributed by atoms with E-state index in [4.69, 9.17) is 0 Å². The van der Waals surface area contributed by atoms with Crippen LogP contribution in [0, 0.1) is 19.7 Å². The van der Waals surface area contributed by atoms with Gasteiger partial charge < -0.3 is 0 Å². The Morgan fingerprint density at radius 3 is 2.47 bits per heavy atom. The van der Waals surface area contributed by atoms with Gasteiger partial charge in [0.25, 0.3) is 0 Å². The van der Waals surface area contributed by atoms with E-state index in [1.165, 1.54) is 18.0 Å². The normalized spacial score (nSPS) is 10.6. The Bertz CT molecular complexity index is 459. The summed E-state index contributed by atoms with van der Waals surface area (Å²) in [7, 11) is 0. The van der Waals surface area contributed by atoms with Gasteiger partial charge in [0.15, 0.2) is 5.82 Å². The Hall–Kier alpha value is -1.29. The van der Waals surface area contributed by atoms with Gasteiger partial charge in [-0.2, -0.15) is 5.10 Å². The molecule has 1 aromatic carbocycles. The van der Waals surface area contributed by atoms with Crippen LogP contribution in [0.15, 0.2) is 34.3 Å². The largest absolute Gasteiger partial charge is 0.269 e. The number of aromatic amines is 1. The molecule has 0 atom stereocenters. The van der Waals surface area contributed by atoms with Crippen molar-refractivity contribution in [2.24, 2.45) is 0 Å². The van der Waals surface area contributed by atoms with Gasteiger partial charge in [-0.1, -0.05) is 30.0 Å². The maximum Gasteiger partial charge on any atom is 0.175 e. The molecule has 0 saturated carbocycles. The molecule has 1 heterocycles. The van der Waals surface area contributed by atoms with Crippen molar-refractivity contribution >= 4 is 11.8 Å². The second-order valence-corrected chi connectivity index (χ2v) is 4.39. The molecule has 0 unspecified atom stereocenters. The predicted octanol–water partition coefficient (Wildman–Crippen LogP) is 3.32. The van der Waals surface area contributed by atoms with Gasteiger partial charge in [-0.25, -0.2) is 4.39 Å². The summed E-state index contributed by atoms with van der Waals surface area (Å²) in [6, 6.07) is 6.03. The van der Waals surface area contributed by atoms with E-state index in [1.807, 2.05) is 32.0 Å². The van der Waals surface area contributed by atoms with Crippen molar-refractivity contribution in [2.45, 2.75) is 23.8 Å². The number of H-pyrrole nitrogens is 1. The second kappa shape index (κ2) is 4.06. The van der Waals surface area contributed by atoms with Crippen LogP contribution in [0.25, 0.3) is 0 Å². The monoisotopic (exact) mass is 222 g/mol. The van der Waals surface area contributed by atoms with Gasteiger partial charge in [0, 0.05) is 4.90 Å². The van der Waals surface area contributed by atoms with E-state index in [0.717, 1.165) is 16.0 Å². The smallest absolute Gasteiger partial charge is 0.175 e. The van der Waals surface area contributed by atoms with Gasteiger partial charge in [0.05, 0.1) is 6.20 Å². The third-order valence-corrected chi connectivity index (χ3v) is 3.51. The van der Waals surface area contributed by atoms with Crippen molar-refractivity contribution in [2.75, 3.05) is 0 Å². The second-order valence-electron chi connectivity index (χ2n) is 3.37. The molecule has 0 amide bonds. The predicted molar refractivity (Wildman–Crippen MR) is 58.6 cm³/mol. The van der Waals surface area contributed by atoms with Crippen LogP contribution < -0.4 is 0 Å². The van der Waals surface area contributed by atoms with E-state index in [0.29, 0.717) is 5.03 Å².